The van der Waals surface area contributed by atoms with E-state index in [2.05, 4.69) is 56.7 Å². The molecule has 1 saturated carbocycles. The van der Waals surface area contributed by atoms with Crippen molar-refractivity contribution in [2.75, 3.05) is 32.7 Å². The van der Waals surface area contributed by atoms with Gasteiger partial charge in [0.05, 0.1) is 0 Å². The monoisotopic (exact) mass is 391 g/mol. The fraction of sp³-hybridized carbons (Fsp3) is 1.00. The van der Waals surface area contributed by atoms with Gasteiger partial charge in [-0.25, -0.2) is 0 Å². The van der Waals surface area contributed by atoms with Crippen LogP contribution in [0.15, 0.2) is 0 Å². The summed E-state index contributed by atoms with van der Waals surface area (Å²) in [4.78, 5) is 5.61. The molecule has 0 bridgehead atoms. The Morgan fingerprint density at radius 3 is 1.79 bits per heavy atom. The summed E-state index contributed by atoms with van der Waals surface area (Å²) in [5, 5.41) is 3.81. The number of piperidine rings is 2. The highest BCUT2D eigenvalue weighted by atomic mass is 15.2. The average molecular weight is 392 g/mol. The zero-order chi connectivity index (χ0) is 20.4. The smallest absolute Gasteiger partial charge is 0.0120 e. The van der Waals surface area contributed by atoms with Gasteiger partial charge in [-0.05, 0) is 116 Å². The summed E-state index contributed by atoms with van der Waals surface area (Å²) in [5.74, 6) is 1.92. The summed E-state index contributed by atoms with van der Waals surface area (Å²) < 4.78 is 0. The first-order valence-corrected chi connectivity index (χ1v) is 12.3. The van der Waals surface area contributed by atoms with Crippen molar-refractivity contribution in [1.82, 2.24) is 15.1 Å². The molecule has 3 fully saturated rings. The maximum atomic E-state index is 3.81. The van der Waals surface area contributed by atoms with Crippen LogP contribution in [-0.4, -0.2) is 60.1 Å². The van der Waals surface area contributed by atoms with Gasteiger partial charge in [-0.1, -0.05) is 20.8 Å². The Balaban J connectivity index is 1.33. The van der Waals surface area contributed by atoms with Crippen LogP contribution in [0.1, 0.15) is 92.9 Å². The van der Waals surface area contributed by atoms with Gasteiger partial charge >= 0.3 is 0 Å². The van der Waals surface area contributed by atoms with E-state index in [9.17, 15) is 0 Å². The first-order valence-electron chi connectivity index (χ1n) is 12.3. The first kappa shape index (κ1) is 22.6. The zero-order valence-electron chi connectivity index (χ0n) is 19.9. The van der Waals surface area contributed by atoms with Gasteiger partial charge in [0, 0.05) is 24.2 Å². The fourth-order valence-electron chi connectivity index (χ4n) is 6.06. The summed E-state index contributed by atoms with van der Waals surface area (Å²) >= 11 is 0. The van der Waals surface area contributed by atoms with Crippen molar-refractivity contribution < 1.29 is 0 Å². The van der Waals surface area contributed by atoms with Crippen LogP contribution in [0.3, 0.4) is 0 Å². The maximum absolute atomic E-state index is 3.81. The third-order valence-electron chi connectivity index (χ3n) is 7.83. The van der Waals surface area contributed by atoms with Gasteiger partial charge in [-0.15, -0.1) is 0 Å². The largest absolute Gasteiger partial charge is 0.309 e. The molecule has 1 aliphatic carbocycles. The molecule has 0 spiro atoms. The molecule has 2 heterocycles. The van der Waals surface area contributed by atoms with Gasteiger partial charge in [0.1, 0.15) is 0 Å². The van der Waals surface area contributed by atoms with Gasteiger partial charge in [-0.3, -0.25) is 0 Å². The Kier molecular flexibility index (Phi) is 7.53. The molecule has 0 aromatic rings. The molecule has 3 aliphatic rings. The van der Waals surface area contributed by atoms with Gasteiger partial charge in [0.2, 0.25) is 0 Å². The number of hydrogen-bond acceptors (Lipinski definition) is 3. The standard InChI is InChI=1S/C25H49N3/c1-24(2,3)21-9-7-20(8-10-21)19-27-15-13-23(14-16-27)28-17-11-22(12-18-28)26-25(4,5)6/h20-23,26H,7-19H2,1-6H3. The average Bonchev–Trinajstić information content (AvgIpc) is 2.61. The predicted molar refractivity (Wildman–Crippen MR) is 122 cm³/mol. The highest BCUT2D eigenvalue weighted by Gasteiger charge is 2.32. The van der Waals surface area contributed by atoms with E-state index in [0.29, 0.717) is 5.41 Å². The highest BCUT2D eigenvalue weighted by Crippen LogP contribution is 2.40. The van der Waals surface area contributed by atoms with Crippen LogP contribution in [0, 0.1) is 17.3 Å². The van der Waals surface area contributed by atoms with Crippen LogP contribution in [-0.2, 0) is 0 Å². The number of rotatable bonds is 4. The quantitative estimate of drug-likeness (QED) is 0.714. The summed E-state index contributed by atoms with van der Waals surface area (Å²) in [6, 6.07) is 1.57. The molecule has 3 rings (SSSR count). The summed E-state index contributed by atoms with van der Waals surface area (Å²) in [6.07, 6.45) is 11.3. The van der Waals surface area contributed by atoms with Crippen molar-refractivity contribution in [3.05, 3.63) is 0 Å². The molecule has 0 unspecified atom stereocenters. The normalized spacial score (nSPS) is 30.6. The van der Waals surface area contributed by atoms with Crippen LogP contribution >= 0.6 is 0 Å². The molecular formula is C25H49N3. The fourth-order valence-corrected chi connectivity index (χ4v) is 6.06. The summed E-state index contributed by atoms with van der Waals surface area (Å²) in [5.41, 5.74) is 0.767. The topological polar surface area (TPSA) is 18.5 Å². The summed E-state index contributed by atoms with van der Waals surface area (Å²) in [7, 11) is 0. The molecule has 0 aromatic heterocycles. The molecule has 2 saturated heterocycles. The molecule has 3 nitrogen and oxygen atoms in total. The van der Waals surface area contributed by atoms with E-state index in [1.54, 1.807) is 0 Å². The minimum Gasteiger partial charge on any atom is -0.309 e. The zero-order valence-corrected chi connectivity index (χ0v) is 19.9. The van der Waals surface area contributed by atoms with Crippen molar-refractivity contribution in [2.24, 2.45) is 17.3 Å². The lowest BCUT2D eigenvalue weighted by molar-refractivity contribution is 0.0650. The number of nitrogens with zero attached hydrogens (tertiary/aromatic N) is 2. The third kappa shape index (κ3) is 6.71. The Labute approximate surface area is 176 Å². The first-order chi connectivity index (χ1) is 13.1. The van der Waals surface area contributed by atoms with Crippen LogP contribution in [0.25, 0.3) is 0 Å². The van der Waals surface area contributed by atoms with Gasteiger partial charge in [0.15, 0.2) is 0 Å². The van der Waals surface area contributed by atoms with Gasteiger partial charge in [0.25, 0.3) is 0 Å². The minimum atomic E-state index is 0.254. The van der Waals surface area contributed by atoms with Gasteiger partial charge < -0.3 is 15.1 Å². The van der Waals surface area contributed by atoms with Crippen LogP contribution in [0.4, 0.5) is 0 Å². The van der Waals surface area contributed by atoms with Crippen molar-refractivity contribution in [3.63, 3.8) is 0 Å². The number of likely N-dealkylation sites (tertiary alicyclic amines) is 2. The number of nitrogens with one attached hydrogen (secondary N) is 1. The Morgan fingerprint density at radius 2 is 1.29 bits per heavy atom. The Hall–Kier alpha value is -0.120. The van der Waals surface area contributed by atoms with Crippen LogP contribution < -0.4 is 5.32 Å². The minimum absolute atomic E-state index is 0.254. The molecule has 0 amide bonds. The highest BCUT2D eigenvalue weighted by molar-refractivity contribution is 4.88. The molecule has 28 heavy (non-hydrogen) atoms. The Morgan fingerprint density at radius 1 is 0.714 bits per heavy atom. The molecule has 0 atom stereocenters. The van der Waals surface area contributed by atoms with Crippen molar-refractivity contribution >= 4 is 0 Å². The van der Waals surface area contributed by atoms with E-state index in [1.165, 1.54) is 84.1 Å². The lowest BCUT2D eigenvalue weighted by atomic mass is 9.70. The molecule has 0 aromatic carbocycles. The van der Waals surface area contributed by atoms with E-state index in [0.717, 1.165) is 23.9 Å². The lowest BCUT2D eigenvalue weighted by Crippen LogP contribution is -2.53. The molecule has 3 heteroatoms. The van der Waals surface area contributed by atoms with E-state index < -0.39 is 0 Å². The second-order valence-electron chi connectivity index (χ2n) is 12.3. The second kappa shape index (κ2) is 9.35. The molecular weight excluding hydrogens is 342 g/mol. The van der Waals surface area contributed by atoms with Crippen molar-refractivity contribution in [1.29, 1.82) is 0 Å². The van der Waals surface area contributed by atoms with Crippen molar-refractivity contribution in [2.45, 2.75) is 111 Å². The van der Waals surface area contributed by atoms with Crippen LogP contribution in [0.5, 0.6) is 0 Å². The summed E-state index contributed by atoms with van der Waals surface area (Å²) in [6.45, 7) is 20.8. The molecule has 0 radical (unpaired) electrons. The van der Waals surface area contributed by atoms with E-state index in [4.69, 9.17) is 0 Å². The van der Waals surface area contributed by atoms with Gasteiger partial charge in [-0.2, -0.15) is 0 Å². The van der Waals surface area contributed by atoms with Crippen molar-refractivity contribution in [3.8, 4) is 0 Å². The SMILES string of the molecule is CC(C)(C)NC1CCN(C2CCN(CC3CCC(C(C)(C)C)CC3)CC2)CC1. The van der Waals surface area contributed by atoms with E-state index in [1.807, 2.05) is 0 Å². The van der Waals surface area contributed by atoms with E-state index >= 15 is 0 Å². The molecule has 164 valence electrons. The molecule has 1 N–H and O–H groups in total. The predicted octanol–water partition coefficient (Wildman–Crippen LogP) is 5.16. The van der Waals surface area contributed by atoms with E-state index in [-0.39, 0.29) is 5.54 Å². The molecule has 2 aliphatic heterocycles. The second-order valence-corrected chi connectivity index (χ2v) is 12.3. The number of hydrogen-bond donors (Lipinski definition) is 1. The third-order valence-corrected chi connectivity index (χ3v) is 7.83. The lowest BCUT2D eigenvalue weighted by Gasteiger charge is -2.44. The maximum Gasteiger partial charge on any atom is 0.0120 e. The van der Waals surface area contributed by atoms with Crippen LogP contribution in [0.2, 0.25) is 0 Å². The Bertz CT molecular complexity index is 451.